The molecule has 5 nitrogen and oxygen atoms in total. The van der Waals surface area contributed by atoms with E-state index in [9.17, 15) is 9.59 Å². The van der Waals surface area contributed by atoms with Gasteiger partial charge in [0.15, 0.2) is 12.4 Å². The van der Waals surface area contributed by atoms with Gasteiger partial charge >= 0.3 is 0 Å². The predicted octanol–water partition coefficient (Wildman–Crippen LogP) is 3.08. The first-order valence-electron chi connectivity index (χ1n) is 8.17. The second-order valence-electron chi connectivity index (χ2n) is 5.83. The van der Waals surface area contributed by atoms with E-state index < -0.39 is 0 Å². The zero-order valence-corrected chi connectivity index (χ0v) is 14.4. The van der Waals surface area contributed by atoms with Crippen LogP contribution in [0.4, 0.5) is 11.4 Å². The Morgan fingerprint density at radius 3 is 2.04 bits per heavy atom. The summed E-state index contributed by atoms with van der Waals surface area (Å²) in [4.78, 5) is 23.4. The minimum Gasteiger partial charge on any atom is -0.326 e. The molecule has 0 unspecified atom stereocenters. The van der Waals surface area contributed by atoms with Crippen LogP contribution >= 0.6 is 0 Å². The summed E-state index contributed by atoms with van der Waals surface area (Å²) in [6.07, 6.45) is 6.03. The molecule has 0 radical (unpaired) electrons. The molecule has 2 N–H and O–H groups in total. The number of carbonyl (C=O) groups is 2. The second-order valence-corrected chi connectivity index (χ2v) is 5.83. The molecule has 24 heavy (non-hydrogen) atoms. The van der Waals surface area contributed by atoms with Gasteiger partial charge in [0.2, 0.25) is 11.9 Å². The van der Waals surface area contributed by atoms with Crippen LogP contribution in [0.2, 0.25) is 0 Å². The largest absolute Gasteiger partial charge is 0.326 e. The summed E-state index contributed by atoms with van der Waals surface area (Å²) in [5.41, 5.74) is 2.67. The zero-order valence-electron chi connectivity index (χ0n) is 14.4. The maximum Gasteiger partial charge on any atom is 0.293 e. The van der Waals surface area contributed by atoms with Crippen LogP contribution in [0.1, 0.15) is 38.8 Å². The summed E-state index contributed by atoms with van der Waals surface area (Å²) in [5.74, 6) is -0.209. The Kier molecular flexibility index (Phi) is 6.07. The lowest BCUT2D eigenvalue weighted by molar-refractivity contribution is -0.705. The third-order valence-corrected chi connectivity index (χ3v) is 3.76. The number of rotatable bonds is 6. The van der Waals surface area contributed by atoms with E-state index in [0.717, 1.165) is 12.8 Å². The van der Waals surface area contributed by atoms with Crippen molar-refractivity contribution in [3.05, 3.63) is 54.4 Å². The number of nitrogens with one attached hydrogen (secondary N) is 2. The Morgan fingerprint density at radius 2 is 1.54 bits per heavy atom. The van der Waals surface area contributed by atoms with Crippen LogP contribution in [-0.2, 0) is 16.0 Å². The molecule has 0 bridgehead atoms. The molecule has 0 fully saturated rings. The van der Waals surface area contributed by atoms with Crippen molar-refractivity contribution in [3.8, 4) is 0 Å². The van der Waals surface area contributed by atoms with Crippen molar-refractivity contribution in [1.29, 1.82) is 0 Å². The van der Waals surface area contributed by atoms with Gasteiger partial charge in [-0.2, -0.15) is 4.57 Å². The third kappa shape index (κ3) is 4.91. The molecule has 0 aliphatic carbocycles. The fraction of sp³-hybridized carbons (Fsp3) is 0.316. The van der Waals surface area contributed by atoms with Gasteiger partial charge in [-0.3, -0.25) is 9.59 Å². The minimum atomic E-state index is -0.310. The van der Waals surface area contributed by atoms with Gasteiger partial charge in [0.05, 0.1) is 0 Å². The van der Waals surface area contributed by atoms with Gasteiger partial charge in [-0.25, -0.2) is 0 Å². The molecular weight excluding hydrogens is 302 g/mol. The van der Waals surface area contributed by atoms with Crippen molar-refractivity contribution in [2.75, 3.05) is 10.6 Å². The van der Waals surface area contributed by atoms with Crippen LogP contribution in [0.15, 0.2) is 48.8 Å². The molecule has 5 heteroatoms. The van der Waals surface area contributed by atoms with Crippen LogP contribution in [0.25, 0.3) is 0 Å². The number of carbonyl (C=O) groups excluding carboxylic acids is 2. The average molecular weight is 326 g/mol. The van der Waals surface area contributed by atoms with Gasteiger partial charge < -0.3 is 10.6 Å². The van der Waals surface area contributed by atoms with Gasteiger partial charge in [-0.1, -0.05) is 13.3 Å². The van der Waals surface area contributed by atoms with Crippen LogP contribution in [0, 0.1) is 0 Å². The Labute approximate surface area is 142 Å². The van der Waals surface area contributed by atoms with Gasteiger partial charge in [0, 0.05) is 37.4 Å². The highest BCUT2D eigenvalue weighted by molar-refractivity contribution is 5.93. The minimum absolute atomic E-state index is 0.0875. The molecule has 0 saturated carbocycles. The molecule has 2 rings (SSSR count). The van der Waals surface area contributed by atoms with Gasteiger partial charge in [-0.05, 0) is 36.2 Å². The Morgan fingerprint density at radius 1 is 1.00 bits per heavy atom. The number of aromatic nitrogens is 1. The summed E-state index contributed by atoms with van der Waals surface area (Å²) in [6.45, 7) is 5.47. The van der Waals surface area contributed by atoms with Crippen LogP contribution in [0.5, 0.6) is 0 Å². The quantitative estimate of drug-likeness (QED) is 0.801. The molecule has 1 atom stereocenters. The molecule has 0 aliphatic rings. The Balaban J connectivity index is 1.99. The number of amides is 2. The van der Waals surface area contributed by atoms with Crippen LogP contribution < -0.4 is 15.2 Å². The smallest absolute Gasteiger partial charge is 0.293 e. The molecule has 126 valence electrons. The highest BCUT2D eigenvalue weighted by atomic mass is 16.2. The van der Waals surface area contributed by atoms with E-state index in [2.05, 4.69) is 29.7 Å². The molecule has 1 heterocycles. The van der Waals surface area contributed by atoms with Crippen molar-refractivity contribution in [2.24, 2.45) is 0 Å². The first-order valence-corrected chi connectivity index (χ1v) is 8.17. The third-order valence-electron chi connectivity index (χ3n) is 3.76. The molecule has 0 aliphatic heterocycles. The number of aryl methyl sites for hydroxylation is 1. The molecule has 1 aromatic heterocycles. The summed E-state index contributed by atoms with van der Waals surface area (Å²) >= 11 is 0. The van der Waals surface area contributed by atoms with Crippen molar-refractivity contribution < 1.29 is 14.2 Å². The summed E-state index contributed by atoms with van der Waals surface area (Å²) in [5, 5.41) is 5.58. The number of anilines is 2. The lowest BCUT2D eigenvalue weighted by Crippen LogP contribution is -2.44. The van der Waals surface area contributed by atoms with E-state index in [1.54, 1.807) is 24.3 Å². The number of nitrogens with zero attached hydrogens (tertiary/aromatic N) is 1. The number of hydrogen-bond acceptors (Lipinski definition) is 2. The highest BCUT2D eigenvalue weighted by Crippen LogP contribution is 2.14. The van der Waals surface area contributed by atoms with Crippen LogP contribution in [-0.4, -0.2) is 11.8 Å². The van der Waals surface area contributed by atoms with E-state index in [-0.39, 0.29) is 17.9 Å². The lowest BCUT2D eigenvalue weighted by Gasteiger charge is -2.10. The predicted molar refractivity (Wildman–Crippen MR) is 94.7 cm³/mol. The Bertz CT molecular complexity index is 694. The standard InChI is InChI=1S/C19H23N3O2/c1-4-5-16-10-12-22(13-11-16)14(2)19(24)21-18-8-6-17(7-9-18)20-15(3)23/h6-14H,4-5H2,1-3H3,(H-,20,21,23,24)/p+1/t14-/m0/s1. The molecule has 1 aromatic carbocycles. The van der Waals surface area contributed by atoms with E-state index in [1.165, 1.54) is 12.5 Å². The lowest BCUT2D eigenvalue weighted by atomic mass is 10.1. The first kappa shape index (κ1) is 17.7. The highest BCUT2D eigenvalue weighted by Gasteiger charge is 2.21. The average Bonchev–Trinajstić information content (AvgIpc) is 2.56. The maximum absolute atomic E-state index is 12.4. The number of pyridine rings is 1. The van der Waals surface area contributed by atoms with E-state index in [1.807, 2.05) is 23.9 Å². The van der Waals surface area contributed by atoms with Gasteiger partial charge in [0.1, 0.15) is 0 Å². The first-order chi connectivity index (χ1) is 11.5. The number of hydrogen-bond donors (Lipinski definition) is 2. The van der Waals surface area contributed by atoms with Gasteiger partial charge in [-0.15, -0.1) is 0 Å². The normalized spacial score (nSPS) is 11.6. The molecule has 2 aromatic rings. The van der Waals surface area contributed by atoms with E-state index >= 15 is 0 Å². The monoisotopic (exact) mass is 326 g/mol. The van der Waals surface area contributed by atoms with E-state index in [4.69, 9.17) is 0 Å². The van der Waals surface area contributed by atoms with E-state index in [0.29, 0.717) is 11.4 Å². The zero-order chi connectivity index (χ0) is 17.5. The topological polar surface area (TPSA) is 62.1 Å². The fourth-order valence-corrected chi connectivity index (χ4v) is 2.40. The van der Waals surface area contributed by atoms with Crippen molar-refractivity contribution >= 4 is 23.2 Å². The molecule has 2 amide bonds. The van der Waals surface area contributed by atoms with Crippen LogP contribution in [0.3, 0.4) is 0 Å². The summed E-state index contributed by atoms with van der Waals surface area (Å²) in [6, 6.07) is 10.8. The van der Waals surface area contributed by atoms with Gasteiger partial charge in [0.25, 0.3) is 5.91 Å². The van der Waals surface area contributed by atoms with Crippen molar-refractivity contribution in [3.63, 3.8) is 0 Å². The second kappa shape index (κ2) is 8.24. The SMILES string of the molecule is CCCc1cc[n+]([C@@H](C)C(=O)Nc2ccc(NC(C)=O)cc2)cc1. The maximum atomic E-state index is 12.4. The fourth-order valence-electron chi connectivity index (χ4n) is 2.40. The summed E-state index contributed by atoms with van der Waals surface area (Å²) in [7, 11) is 0. The van der Waals surface area contributed by atoms with Crippen molar-refractivity contribution in [1.82, 2.24) is 0 Å². The number of benzene rings is 1. The molecular formula is C19H24N3O2+. The van der Waals surface area contributed by atoms with Crippen molar-refractivity contribution in [2.45, 2.75) is 39.7 Å². The molecule has 0 spiro atoms. The summed E-state index contributed by atoms with van der Waals surface area (Å²) < 4.78 is 1.89. The Hall–Kier alpha value is -2.69. The molecule has 0 saturated heterocycles.